The number of carbonyl (C=O) groups excluding carboxylic acids is 1. The fraction of sp³-hybridized carbons (Fsp3) is 0.609. The molecule has 0 saturated carbocycles. The van der Waals surface area contributed by atoms with Gasteiger partial charge >= 0.3 is 6.18 Å². The number of hydrogen-bond acceptors (Lipinski definition) is 5. The molecule has 1 heterocycles. The van der Waals surface area contributed by atoms with Gasteiger partial charge in [0.2, 0.25) is 5.91 Å². The first-order valence-corrected chi connectivity index (χ1v) is 11.1. The molecule has 7 nitrogen and oxygen atoms in total. The van der Waals surface area contributed by atoms with E-state index in [4.69, 9.17) is 0 Å². The number of alkyl halides is 3. The molecule has 184 valence electrons. The fourth-order valence-corrected chi connectivity index (χ4v) is 3.68. The van der Waals surface area contributed by atoms with E-state index in [9.17, 15) is 27.9 Å². The van der Waals surface area contributed by atoms with E-state index in [0.29, 0.717) is 25.2 Å². The number of rotatable bonds is 10. The molecule has 33 heavy (non-hydrogen) atoms. The van der Waals surface area contributed by atoms with Crippen molar-refractivity contribution >= 4 is 16.7 Å². The van der Waals surface area contributed by atoms with Crippen LogP contribution in [0.5, 0.6) is 0 Å². The molecule has 0 saturated heterocycles. The summed E-state index contributed by atoms with van der Waals surface area (Å²) in [4.78, 5) is 27.5. The van der Waals surface area contributed by atoms with E-state index >= 15 is 0 Å². The molecular weight excluding hydrogens is 437 g/mol. The van der Waals surface area contributed by atoms with Gasteiger partial charge in [-0.25, -0.2) is 4.68 Å². The normalized spacial score (nSPS) is 14.2. The topological polar surface area (TPSA) is 87.5 Å². The second-order valence-corrected chi connectivity index (χ2v) is 8.76. The maximum absolute atomic E-state index is 13.1. The molecule has 1 aromatic heterocycles. The average Bonchev–Trinajstić information content (AvgIpc) is 2.71. The van der Waals surface area contributed by atoms with E-state index in [0.717, 1.165) is 29.4 Å². The van der Waals surface area contributed by atoms with E-state index in [1.165, 1.54) is 0 Å². The Kier molecular flexibility index (Phi) is 9.02. The van der Waals surface area contributed by atoms with Gasteiger partial charge in [0.1, 0.15) is 6.54 Å². The lowest BCUT2D eigenvalue weighted by atomic mass is 10.0. The number of nitrogens with one attached hydrogen (secondary N) is 1. The zero-order chi connectivity index (χ0) is 24.9. The summed E-state index contributed by atoms with van der Waals surface area (Å²) in [5.41, 5.74) is -1.13. The first kappa shape index (κ1) is 26.8. The van der Waals surface area contributed by atoms with Crippen molar-refractivity contribution in [2.45, 2.75) is 71.8 Å². The number of likely N-dealkylation sites (N-methyl/N-ethyl adjacent to an activating group) is 1. The summed E-state index contributed by atoms with van der Waals surface area (Å²) in [6, 6.07) is 2.79. The third-order valence-electron chi connectivity index (χ3n) is 5.41. The lowest BCUT2D eigenvalue weighted by molar-refractivity contribution is -0.137. The van der Waals surface area contributed by atoms with Crippen LogP contribution in [0, 0.1) is 0 Å². The number of aliphatic hydroxyl groups excluding tert-OH is 1. The Morgan fingerprint density at radius 1 is 1.21 bits per heavy atom. The van der Waals surface area contributed by atoms with Gasteiger partial charge in [0.15, 0.2) is 0 Å². The Bertz CT molecular complexity index is 1020. The number of halogens is 3. The van der Waals surface area contributed by atoms with Gasteiger partial charge in [0.25, 0.3) is 5.56 Å². The van der Waals surface area contributed by atoms with Crippen LogP contribution in [0.15, 0.2) is 23.0 Å². The Morgan fingerprint density at radius 3 is 2.42 bits per heavy atom. The molecule has 2 rings (SSSR count). The highest BCUT2D eigenvalue weighted by atomic mass is 19.4. The zero-order valence-electron chi connectivity index (χ0n) is 19.7. The van der Waals surface area contributed by atoms with Crippen molar-refractivity contribution in [1.29, 1.82) is 0 Å². The summed E-state index contributed by atoms with van der Waals surface area (Å²) in [7, 11) is 0. The first-order valence-electron chi connectivity index (χ1n) is 11.1. The number of aliphatic hydroxyl groups is 1. The summed E-state index contributed by atoms with van der Waals surface area (Å²) in [5, 5.41) is 16.9. The average molecular weight is 471 g/mol. The van der Waals surface area contributed by atoms with E-state index < -0.39 is 29.3 Å². The number of benzene rings is 1. The van der Waals surface area contributed by atoms with Crippen molar-refractivity contribution in [3.63, 3.8) is 0 Å². The maximum Gasteiger partial charge on any atom is 0.416 e. The van der Waals surface area contributed by atoms with Gasteiger partial charge in [-0.1, -0.05) is 20.8 Å². The second kappa shape index (κ2) is 11.1. The summed E-state index contributed by atoms with van der Waals surface area (Å²) < 4.78 is 40.5. The van der Waals surface area contributed by atoms with Crippen molar-refractivity contribution in [3.05, 3.63) is 39.8 Å². The van der Waals surface area contributed by atoms with Gasteiger partial charge in [0, 0.05) is 24.5 Å². The van der Waals surface area contributed by atoms with Crippen molar-refractivity contribution in [3.8, 4) is 0 Å². The molecule has 1 amide bonds. The Morgan fingerprint density at radius 2 is 1.88 bits per heavy atom. The largest absolute Gasteiger partial charge is 0.416 e. The Hall–Kier alpha value is -2.46. The lowest BCUT2D eigenvalue weighted by Crippen LogP contribution is -2.41. The van der Waals surface area contributed by atoms with Crippen LogP contribution >= 0.6 is 0 Å². The van der Waals surface area contributed by atoms with Crippen molar-refractivity contribution in [1.82, 2.24) is 20.0 Å². The lowest BCUT2D eigenvalue weighted by Gasteiger charge is -2.24. The van der Waals surface area contributed by atoms with Crippen molar-refractivity contribution in [2.75, 3.05) is 19.6 Å². The summed E-state index contributed by atoms with van der Waals surface area (Å²) in [6.07, 6.45) is -4.32. The SMILES string of the molecule is CCN(CCC(C)NC(=O)Cn1nc(C(C)C)c2cc(C(F)(F)F)ccc2c1=O)CC(C)O. The van der Waals surface area contributed by atoms with Gasteiger partial charge in [-0.2, -0.15) is 18.3 Å². The Balaban J connectivity index is 2.20. The maximum atomic E-state index is 13.1. The minimum absolute atomic E-state index is 0.0965. The number of aromatic nitrogens is 2. The highest BCUT2D eigenvalue weighted by molar-refractivity contribution is 5.85. The number of amides is 1. The quantitative estimate of drug-likeness (QED) is 0.557. The smallest absolute Gasteiger partial charge is 0.392 e. The van der Waals surface area contributed by atoms with E-state index in [-0.39, 0.29) is 29.3 Å². The minimum Gasteiger partial charge on any atom is -0.392 e. The van der Waals surface area contributed by atoms with E-state index in [1.807, 2.05) is 13.8 Å². The molecule has 10 heteroatoms. The predicted octanol–water partition coefficient (Wildman–Crippen LogP) is 3.14. The van der Waals surface area contributed by atoms with Gasteiger partial charge in [0.05, 0.1) is 22.7 Å². The van der Waals surface area contributed by atoms with Gasteiger partial charge < -0.3 is 15.3 Å². The standard InChI is InChI=1S/C23H33F3N4O3/c1-6-29(12-16(5)31)10-9-15(4)27-20(32)13-30-22(33)18-8-7-17(23(24,25)26)11-19(18)21(28-30)14(2)3/h7-8,11,14-16,31H,6,9-10,12-13H2,1-5H3,(H,27,32). The molecular formula is C23H33F3N4O3. The van der Waals surface area contributed by atoms with Gasteiger partial charge in [-0.15, -0.1) is 0 Å². The van der Waals surface area contributed by atoms with Crippen LogP contribution in [0.25, 0.3) is 10.8 Å². The van der Waals surface area contributed by atoms with Crippen LogP contribution in [0.1, 0.15) is 58.2 Å². The third kappa shape index (κ3) is 7.26. The number of hydrogen-bond donors (Lipinski definition) is 2. The molecule has 0 aliphatic rings. The molecule has 0 spiro atoms. The molecule has 2 atom stereocenters. The molecule has 0 aliphatic carbocycles. The van der Waals surface area contributed by atoms with Crippen LogP contribution in [0.2, 0.25) is 0 Å². The summed E-state index contributed by atoms with van der Waals surface area (Å²) >= 11 is 0. The highest BCUT2D eigenvalue weighted by Crippen LogP contribution is 2.32. The molecule has 0 radical (unpaired) electrons. The van der Waals surface area contributed by atoms with Crippen LogP contribution < -0.4 is 10.9 Å². The van der Waals surface area contributed by atoms with E-state index in [2.05, 4.69) is 15.3 Å². The molecule has 0 bridgehead atoms. The van der Waals surface area contributed by atoms with Gasteiger partial charge in [-0.05, 0) is 50.9 Å². The predicted molar refractivity (Wildman–Crippen MR) is 121 cm³/mol. The monoisotopic (exact) mass is 470 g/mol. The number of nitrogens with zero attached hydrogens (tertiary/aromatic N) is 3. The second-order valence-electron chi connectivity index (χ2n) is 8.76. The van der Waals surface area contributed by atoms with Crippen molar-refractivity contribution in [2.24, 2.45) is 0 Å². The highest BCUT2D eigenvalue weighted by Gasteiger charge is 2.31. The summed E-state index contributed by atoms with van der Waals surface area (Å²) in [5.74, 6) is -0.657. The van der Waals surface area contributed by atoms with Crippen LogP contribution in [0.3, 0.4) is 0 Å². The molecule has 0 fully saturated rings. The Labute approximate surface area is 191 Å². The first-order chi connectivity index (χ1) is 15.3. The third-order valence-corrected chi connectivity index (χ3v) is 5.41. The van der Waals surface area contributed by atoms with Crippen molar-refractivity contribution < 1.29 is 23.1 Å². The van der Waals surface area contributed by atoms with Crippen LogP contribution in [0.4, 0.5) is 13.2 Å². The number of carbonyl (C=O) groups is 1. The summed E-state index contributed by atoms with van der Waals surface area (Å²) in [6.45, 7) is 10.8. The number of fused-ring (bicyclic) bond motifs is 1. The molecule has 0 aliphatic heterocycles. The van der Waals surface area contributed by atoms with Crippen LogP contribution in [-0.2, 0) is 17.5 Å². The van der Waals surface area contributed by atoms with Crippen LogP contribution in [-0.4, -0.2) is 57.5 Å². The molecule has 2 aromatic rings. The molecule has 1 aromatic carbocycles. The molecule has 2 N–H and O–H groups in total. The van der Waals surface area contributed by atoms with Gasteiger partial charge in [-0.3, -0.25) is 9.59 Å². The molecule has 2 unspecified atom stereocenters. The minimum atomic E-state index is -4.53. The van der Waals surface area contributed by atoms with E-state index in [1.54, 1.807) is 20.8 Å². The zero-order valence-corrected chi connectivity index (χ0v) is 19.7. The fourth-order valence-electron chi connectivity index (χ4n) is 3.68.